The second kappa shape index (κ2) is 7.12. The topological polar surface area (TPSA) is 62.0 Å². The van der Waals surface area contributed by atoms with E-state index in [0.29, 0.717) is 16.8 Å². The number of halogens is 1. The number of aromatic nitrogens is 1. The van der Waals surface area contributed by atoms with Crippen molar-refractivity contribution in [1.29, 1.82) is 0 Å². The first kappa shape index (κ1) is 17.9. The molecule has 0 saturated carbocycles. The van der Waals surface area contributed by atoms with Gasteiger partial charge in [0.1, 0.15) is 5.82 Å². The number of pyridine rings is 1. The van der Waals surface area contributed by atoms with Crippen LogP contribution >= 0.6 is 0 Å². The number of hydrogen-bond acceptors (Lipinski definition) is 2. The highest BCUT2D eigenvalue weighted by Gasteiger charge is 2.24. The number of anilines is 1. The maximum Gasteiger partial charge on any atom is 0.251 e. The second-order valence-electron chi connectivity index (χ2n) is 6.85. The van der Waals surface area contributed by atoms with Gasteiger partial charge in [-0.1, -0.05) is 32.0 Å². The monoisotopic (exact) mass is 352 g/mol. The van der Waals surface area contributed by atoms with Crippen LogP contribution in [0, 0.1) is 18.7 Å². The maximum atomic E-state index is 13.2. The van der Waals surface area contributed by atoms with Gasteiger partial charge < -0.3 is 10.3 Å². The quantitative estimate of drug-likeness (QED) is 0.733. The number of amides is 1. The molecule has 1 heterocycles. The number of H-pyrrole nitrogens is 1. The molecule has 1 aromatic heterocycles. The highest BCUT2D eigenvalue weighted by molar-refractivity contribution is 5.97. The predicted octanol–water partition coefficient (Wildman–Crippen LogP) is 4.35. The van der Waals surface area contributed by atoms with Crippen molar-refractivity contribution in [2.24, 2.45) is 5.92 Å². The summed E-state index contributed by atoms with van der Waals surface area (Å²) in [6, 6.07) is 13.2. The Balaban J connectivity index is 1.89. The van der Waals surface area contributed by atoms with E-state index in [1.165, 1.54) is 12.1 Å². The van der Waals surface area contributed by atoms with E-state index in [-0.39, 0.29) is 23.2 Å². The van der Waals surface area contributed by atoms with E-state index in [9.17, 15) is 14.0 Å². The number of carbonyl (C=O) groups excluding carboxylic acids is 1. The van der Waals surface area contributed by atoms with Crippen molar-refractivity contribution in [3.8, 4) is 0 Å². The maximum absolute atomic E-state index is 13.2. The zero-order valence-corrected chi connectivity index (χ0v) is 15.0. The molecule has 0 fully saturated rings. The van der Waals surface area contributed by atoms with Crippen LogP contribution in [-0.2, 0) is 4.79 Å². The Hall–Kier alpha value is -2.95. The minimum Gasteiger partial charge on any atom is -0.325 e. The van der Waals surface area contributed by atoms with Gasteiger partial charge in [-0.25, -0.2) is 4.39 Å². The van der Waals surface area contributed by atoms with Crippen molar-refractivity contribution in [2.75, 3.05) is 5.32 Å². The van der Waals surface area contributed by atoms with Gasteiger partial charge in [-0.15, -0.1) is 0 Å². The van der Waals surface area contributed by atoms with Gasteiger partial charge >= 0.3 is 0 Å². The molecule has 0 radical (unpaired) electrons. The Bertz CT molecular complexity index is 1010. The van der Waals surface area contributed by atoms with Gasteiger partial charge in [-0.2, -0.15) is 0 Å². The second-order valence-corrected chi connectivity index (χ2v) is 6.85. The first-order valence-corrected chi connectivity index (χ1v) is 8.55. The molecule has 5 heteroatoms. The van der Waals surface area contributed by atoms with Gasteiger partial charge in [0.25, 0.3) is 5.56 Å². The normalized spacial score (nSPS) is 12.3. The number of benzene rings is 2. The molecule has 3 rings (SSSR count). The fourth-order valence-corrected chi connectivity index (χ4v) is 3.12. The molecule has 0 saturated heterocycles. The molecule has 0 aliphatic carbocycles. The van der Waals surface area contributed by atoms with Crippen LogP contribution < -0.4 is 10.9 Å². The summed E-state index contributed by atoms with van der Waals surface area (Å²) < 4.78 is 13.2. The third kappa shape index (κ3) is 3.67. The van der Waals surface area contributed by atoms with E-state index < -0.39 is 5.92 Å². The third-order valence-electron chi connectivity index (χ3n) is 4.48. The largest absolute Gasteiger partial charge is 0.325 e. The third-order valence-corrected chi connectivity index (χ3v) is 4.48. The van der Waals surface area contributed by atoms with Crippen LogP contribution in [0.15, 0.2) is 53.3 Å². The van der Waals surface area contributed by atoms with Gasteiger partial charge in [-0.3, -0.25) is 9.59 Å². The highest BCUT2D eigenvalue weighted by Crippen LogP contribution is 2.27. The predicted molar refractivity (Wildman–Crippen MR) is 102 cm³/mol. The molecule has 1 unspecified atom stereocenters. The molecular weight excluding hydrogens is 331 g/mol. The molecule has 1 atom stereocenters. The fraction of sp³-hybridized carbons (Fsp3) is 0.238. The summed E-state index contributed by atoms with van der Waals surface area (Å²) in [6.07, 6.45) is 0. The van der Waals surface area contributed by atoms with Gasteiger partial charge in [-0.05, 0) is 54.1 Å². The molecule has 26 heavy (non-hydrogen) atoms. The lowest BCUT2D eigenvalue weighted by molar-refractivity contribution is -0.118. The number of aromatic amines is 1. The van der Waals surface area contributed by atoms with E-state index >= 15 is 0 Å². The number of fused-ring (bicyclic) bond motifs is 1. The van der Waals surface area contributed by atoms with Crippen LogP contribution in [0.4, 0.5) is 10.1 Å². The van der Waals surface area contributed by atoms with Crippen LogP contribution in [0.1, 0.15) is 30.9 Å². The van der Waals surface area contributed by atoms with E-state index in [1.54, 1.807) is 31.2 Å². The van der Waals surface area contributed by atoms with E-state index in [1.807, 2.05) is 26.0 Å². The summed E-state index contributed by atoms with van der Waals surface area (Å²) >= 11 is 0. The number of rotatable bonds is 4. The van der Waals surface area contributed by atoms with Gasteiger partial charge in [0.05, 0.1) is 11.4 Å². The van der Waals surface area contributed by atoms with Crippen LogP contribution in [0.25, 0.3) is 10.9 Å². The fourth-order valence-electron chi connectivity index (χ4n) is 3.12. The van der Waals surface area contributed by atoms with E-state index in [4.69, 9.17) is 0 Å². The highest BCUT2D eigenvalue weighted by atomic mass is 19.1. The summed E-state index contributed by atoms with van der Waals surface area (Å²) in [7, 11) is 0. The van der Waals surface area contributed by atoms with Crippen molar-refractivity contribution in [3.63, 3.8) is 0 Å². The Morgan fingerprint density at radius 1 is 1.08 bits per heavy atom. The van der Waals surface area contributed by atoms with Crippen molar-refractivity contribution in [1.82, 2.24) is 4.98 Å². The molecular formula is C21H21FN2O2. The molecule has 0 spiro atoms. The van der Waals surface area contributed by atoms with E-state index in [0.717, 1.165) is 10.9 Å². The van der Waals surface area contributed by atoms with Crippen molar-refractivity contribution in [2.45, 2.75) is 26.7 Å². The number of nitrogens with one attached hydrogen (secondary N) is 2. The Morgan fingerprint density at radius 2 is 1.77 bits per heavy atom. The summed E-state index contributed by atoms with van der Waals surface area (Å²) in [4.78, 5) is 27.4. The first-order valence-electron chi connectivity index (χ1n) is 8.55. The molecule has 0 aliphatic rings. The minimum absolute atomic E-state index is 0.0448. The first-order chi connectivity index (χ1) is 12.3. The van der Waals surface area contributed by atoms with Gasteiger partial charge in [0.2, 0.25) is 5.91 Å². The average molecular weight is 352 g/mol. The molecule has 1 amide bonds. The van der Waals surface area contributed by atoms with Crippen molar-refractivity contribution in [3.05, 3.63) is 75.8 Å². The summed E-state index contributed by atoms with van der Waals surface area (Å²) in [6.45, 7) is 5.66. The zero-order chi connectivity index (χ0) is 18.8. The molecule has 2 aromatic carbocycles. The Morgan fingerprint density at radius 3 is 2.42 bits per heavy atom. The van der Waals surface area contributed by atoms with Gasteiger partial charge in [0.15, 0.2) is 0 Å². The lowest BCUT2D eigenvalue weighted by atomic mass is 9.87. The molecule has 4 nitrogen and oxygen atoms in total. The molecule has 2 N–H and O–H groups in total. The molecule has 134 valence electrons. The SMILES string of the molecule is Cc1cc2ccc(NC(=O)C(c3ccc(F)cc3)C(C)C)cc2[nH]c1=O. The van der Waals surface area contributed by atoms with Gasteiger partial charge in [0, 0.05) is 11.3 Å². The number of hydrogen-bond donors (Lipinski definition) is 2. The van der Waals surface area contributed by atoms with Crippen LogP contribution in [0.2, 0.25) is 0 Å². The number of carbonyl (C=O) groups is 1. The lowest BCUT2D eigenvalue weighted by Crippen LogP contribution is -2.25. The Labute approximate surface area is 151 Å². The Kier molecular flexibility index (Phi) is 4.89. The van der Waals surface area contributed by atoms with Crippen molar-refractivity contribution < 1.29 is 9.18 Å². The summed E-state index contributed by atoms with van der Waals surface area (Å²) in [5, 5.41) is 3.81. The summed E-state index contributed by atoms with van der Waals surface area (Å²) in [5.74, 6) is -0.849. The van der Waals surface area contributed by atoms with Crippen LogP contribution in [0.5, 0.6) is 0 Å². The lowest BCUT2D eigenvalue weighted by Gasteiger charge is -2.21. The minimum atomic E-state index is -0.400. The standard InChI is InChI=1S/C21H21FN2O2/c1-12(2)19(14-4-7-16(22)8-5-14)21(26)23-17-9-6-15-10-13(3)20(25)24-18(15)11-17/h4-12,19H,1-3H3,(H,23,26)(H,24,25). The molecule has 0 bridgehead atoms. The number of aryl methyl sites for hydroxylation is 1. The zero-order valence-electron chi connectivity index (χ0n) is 15.0. The molecule has 3 aromatic rings. The van der Waals surface area contributed by atoms with E-state index in [2.05, 4.69) is 10.3 Å². The average Bonchev–Trinajstić information content (AvgIpc) is 2.58. The summed E-state index contributed by atoms with van der Waals surface area (Å²) in [5.41, 5.74) is 2.54. The molecule has 0 aliphatic heterocycles. The van der Waals surface area contributed by atoms with Crippen LogP contribution in [-0.4, -0.2) is 10.9 Å². The van der Waals surface area contributed by atoms with Crippen LogP contribution in [0.3, 0.4) is 0 Å². The van der Waals surface area contributed by atoms with Crippen molar-refractivity contribution >= 4 is 22.5 Å². The smallest absolute Gasteiger partial charge is 0.251 e.